The molecule has 1 saturated carbocycles. The lowest BCUT2D eigenvalue weighted by atomic mass is 9.77. The molecule has 92 valence electrons. The standard InChI is InChI=1S/C15H20OS/c16-12-15(17,14-9-5-2-6-10-14)11-13-7-3-1-4-8-13/h1,3-4,7-8,12,14,17H,2,5-6,9-11H2. The van der Waals surface area contributed by atoms with Gasteiger partial charge in [0.15, 0.2) is 0 Å². The zero-order chi connectivity index (χ0) is 12.1. The number of aldehydes is 1. The molecule has 17 heavy (non-hydrogen) atoms. The van der Waals surface area contributed by atoms with E-state index in [1.54, 1.807) is 0 Å². The van der Waals surface area contributed by atoms with Gasteiger partial charge in [0.25, 0.3) is 0 Å². The molecule has 1 aromatic carbocycles. The van der Waals surface area contributed by atoms with Crippen LogP contribution in [0.2, 0.25) is 0 Å². The summed E-state index contributed by atoms with van der Waals surface area (Å²) in [6, 6.07) is 10.2. The van der Waals surface area contributed by atoms with Crippen molar-refractivity contribution in [3.63, 3.8) is 0 Å². The average molecular weight is 248 g/mol. The second-order valence-electron chi connectivity index (χ2n) is 5.11. The summed E-state index contributed by atoms with van der Waals surface area (Å²) in [6.07, 6.45) is 7.92. The van der Waals surface area contributed by atoms with Crippen LogP contribution >= 0.6 is 12.6 Å². The summed E-state index contributed by atoms with van der Waals surface area (Å²) < 4.78 is -0.470. The van der Waals surface area contributed by atoms with Gasteiger partial charge in [0.05, 0.1) is 4.75 Å². The third kappa shape index (κ3) is 3.12. The summed E-state index contributed by atoms with van der Waals surface area (Å²) in [5.41, 5.74) is 1.21. The van der Waals surface area contributed by atoms with Crippen molar-refractivity contribution in [1.82, 2.24) is 0 Å². The van der Waals surface area contributed by atoms with Crippen molar-refractivity contribution in [3.8, 4) is 0 Å². The predicted molar refractivity (Wildman–Crippen MR) is 74.5 cm³/mol. The molecule has 1 fully saturated rings. The highest BCUT2D eigenvalue weighted by Crippen LogP contribution is 2.37. The average Bonchev–Trinajstić information content (AvgIpc) is 2.41. The van der Waals surface area contributed by atoms with E-state index in [0.717, 1.165) is 25.5 Å². The highest BCUT2D eigenvalue weighted by Gasteiger charge is 2.35. The summed E-state index contributed by atoms with van der Waals surface area (Å²) in [5, 5.41) is 0. The Hall–Kier alpha value is -0.760. The zero-order valence-corrected chi connectivity index (χ0v) is 11.0. The molecule has 1 aliphatic rings. The van der Waals surface area contributed by atoms with Gasteiger partial charge in [-0.15, -0.1) is 0 Å². The molecule has 1 aliphatic carbocycles. The van der Waals surface area contributed by atoms with Crippen LogP contribution in [0.1, 0.15) is 37.7 Å². The van der Waals surface area contributed by atoms with Crippen molar-refractivity contribution in [3.05, 3.63) is 35.9 Å². The largest absolute Gasteiger partial charge is 0.302 e. The van der Waals surface area contributed by atoms with E-state index in [4.69, 9.17) is 12.6 Å². The lowest BCUT2D eigenvalue weighted by Crippen LogP contribution is -2.37. The molecule has 1 nitrogen and oxygen atoms in total. The fourth-order valence-electron chi connectivity index (χ4n) is 2.81. The Labute approximate surface area is 109 Å². The quantitative estimate of drug-likeness (QED) is 0.635. The third-order valence-electron chi connectivity index (χ3n) is 3.85. The number of thiol groups is 1. The molecule has 0 aromatic heterocycles. The molecule has 0 bridgehead atoms. The van der Waals surface area contributed by atoms with Gasteiger partial charge in [0.1, 0.15) is 6.29 Å². The molecule has 0 amide bonds. The number of hydrogen-bond acceptors (Lipinski definition) is 2. The Morgan fingerprint density at radius 2 is 1.82 bits per heavy atom. The van der Waals surface area contributed by atoms with Crippen LogP contribution in [0.3, 0.4) is 0 Å². The minimum absolute atomic E-state index is 0.442. The highest BCUT2D eigenvalue weighted by atomic mass is 32.1. The maximum absolute atomic E-state index is 11.5. The molecule has 1 unspecified atom stereocenters. The van der Waals surface area contributed by atoms with Gasteiger partial charge in [-0.05, 0) is 30.7 Å². The van der Waals surface area contributed by atoms with Gasteiger partial charge >= 0.3 is 0 Å². The van der Waals surface area contributed by atoms with Crippen LogP contribution in [-0.4, -0.2) is 11.0 Å². The van der Waals surface area contributed by atoms with Gasteiger partial charge < -0.3 is 4.79 Å². The first-order chi connectivity index (χ1) is 8.24. The van der Waals surface area contributed by atoms with Crippen LogP contribution in [-0.2, 0) is 11.2 Å². The van der Waals surface area contributed by atoms with Crippen molar-refractivity contribution < 1.29 is 4.79 Å². The Morgan fingerprint density at radius 1 is 1.18 bits per heavy atom. The first-order valence-electron chi connectivity index (χ1n) is 6.47. The molecular weight excluding hydrogens is 228 g/mol. The number of rotatable bonds is 4. The molecule has 1 aromatic rings. The number of hydrogen-bond donors (Lipinski definition) is 1. The Bertz CT molecular complexity index is 356. The molecular formula is C15H20OS. The molecule has 0 N–H and O–H groups in total. The van der Waals surface area contributed by atoms with E-state index in [9.17, 15) is 4.79 Å². The van der Waals surface area contributed by atoms with E-state index in [1.807, 2.05) is 18.2 Å². The van der Waals surface area contributed by atoms with Crippen LogP contribution in [0.15, 0.2) is 30.3 Å². The lowest BCUT2D eigenvalue weighted by molar-refractivity contribution is -0.111. The smallest absolute Gasteiger partial charge is 0.136 e. The van der Waals surface area contributed by atoms with Crippen LogP contribution in [0.5, 0.6) is 0 Å². The molecule has 0 saturated heterocycles. The van der Waals surface area contributed by atoms with E-state index in [2.05, 4.69) is 12.1 Å². The topological polar surface area (TPSA) is 17.1 Å². The van der Waals surface area contributed by atoms with Gasteiger partial charge in [-0.1, -0.05) is 49.6 Å². The summed E-state index contributed by atoms with van der Waals surface area (Å²) in [7, 11) is 0. The second-order valence-corrected chi connectivity index (χ2v) is 5.94. The van der Waals surface area contributed by atoms with E-state index in [0.29, 0.717) is 5.92 Å². The normalized spacial score (nSPS) is 20.8. The maximum Gasteiger partial charge on any atom is 0.136 e. The van der Waals surface area contributed by atoms with E-state index in [-0.39, 0.29) is 0 Å². The van der Waals surface area contributed by atoms with Crippen molar-refractivity contribution in [2.75, 3.05) is 0 Å². The molecule has 0 heterocycles. The van der Waals surface area contributed by atoms with E-state index >= 15 is 0 Å². The van der Waals surface area contributed by atoms with Gasteiger partial charge in [0, 0.05) is 0 Å². The van der Waals surface area contributed by atoms with Crippen molar-refractivity contribution in [1.29, 1.82) is 0 Å². The third-order valence-corrected chi connectivity index (χ3v) is 4.48. The lowest BCUT2D eigenvalue weighted by Gasteiger charge is -2.34. The van der Waals surface area contributed by atoms with Crippen LogP contribution in [0.25, 0.3) is 0 Å². The van der Waals surface area contributed by atoms with Crippen LogP contribution in [0.4, 0.5) is 0 Å². The molecule has 0 radical (unpaired) electrons. The summed E-state index contributed by atoms with van der Waals surface area (Å²) in [4.78, 5) is 11.5. The van der Waals surface area contributed by atoms with E-state index < -0.39 is 4.75 Å². The van der Waals surface area contributed by atoms with Crippen molar-refractivity contribution >= 4 is 18.9 Å². The van der Waals surface area contributed by atoms with Crippen molar-refractivity contribution in [2.45, 2.75) is 43.3 Å². The van der Waals surface area contributed by atoms with Crippen molar-refractivity contribution in [2.24, 2.45) is 5.92 Å². The van der Waals surface area contributed by atoms with E-state index in [1.165, 1.54) is 24.8 Å². The molecule has 1 atom stereocenters. The maximum atomic E-state index is 11.5. The Kier molecular flexibility index (Phi) is 4.27. The fraction of sp³-hybridized carbons (Fsp3) is 0.533. The minimum atomic E-state index is -0.470. The molecule has 2 rings (SSSR count). The van der Waals surface area contributed by atoms with Gasteiger partial charge in [-0.2, -0.15) is 12.6 Å². The van der Waals surface area contributed by atoms with Gasteiger partial charge in [-0.25, -0.2) is 0 Å². The van der Waals surface area contributed by atoms with Crippen LogP contribution in [0, 0.1) is 5.92 Å². The summed E-state index contributed by atoms with van der Waals surface area (Å²) in [6.45, 7) is 0. The minimum Gasteiger partial charge on any atom is -0.302 e. The zero-order valence-electron chi connectivity index (χ0n) is 10.1. The number of benzene rings is 1. The first kappa shape index (κ1) is 12.7. The molecule has 0 aliphatic heterocycles. The van der Waals surface area contributed by atoms with Crippen LogP contribution < -0.4 is 0 Å². The number of carbonyl (C=O) groups is 1. The monoisotopic (exact) mass is 248 g/mol. The number of carbonyl (C=O) groups excluding carboxylic acids is 1. The Balaban J connectivity index is 2.10. The first-order valence-corrected chi connectivity index (χ1v) is 6.92. The highest BCUT2D eigenvalue weighted by molar-refractivity contribution is 7.82. The summed E-state index contributed by atoms with van der Waals surface area (Å²) >= 11 is 4.70. The second kappa shape index (κ2) is 5.72. The molecule has 2 heteroatoms. The Morgan fingerprint density at radius 3 is 2.41 bits per heavy atom. The van der Waals surface area contributed by atoms with Gasteiger partial charge in [-0.3, -0.25) is 0 Å². The summed E-state index contributed by atoms with van der Waals surface area (Å²) in [5.74, 6) is 0.442. The fourth-order valence-corrected chi connectivity index (χ4v) is 3.25. The molecule has 0 spiro atoms. The predicted octanol–water partition coefficient (Wildman–Crippen LogP) is 3.68. The SMILES string of the molecule is O=CC(S)(Cc1ccccc1)C1CCCCC1. The van der Waals surface area contributed by atoms with Gasteiger partial charge in [0.2, 0.25) is 0 Å².